The Balaban J connectivity index is 1.87. The molecule has 0 bridgehead atoms. The van der Waals surface area contributed by atoms with Gasteiger partial charge in [-0.25, -0.2) is 4.79 Å². The minimum atomic E-state index is -1.49. The van der Waals surface area contributed by atoms with E-state index in [1.54, 1.807) is 19.9 Å². The minimum Gasteiger partial charge on any atom is -0.495 e. The Labute approximate surface area is 239 Å². The monoisotopic (exact) mass is 544 g/mol. The molecule has 0 spiro atoms. The molecule has 5 heteroatoms. The Hall–Kier alpha value is -3.34. The van der Waals surface area contributed by atoms with Gasteiger partial charge in [-0.2, -0.15) is 0 Å². The molecule has 3 aliphatic carbocycles. The van der Waals surface area contributed by atoms with Gasteiger partial charge in [-0.1, -0.05) is 76.4 Å². The highest BCUT2D eigenvalue weighted by atomic mass is 16.6. The van der Waals surface area contributed by atoms with Gasteiger partial charge in [-0.3, -0.25) is 4.79 Å². The molecule has 1 aromatic carbocycles. The highest BCUT2D eigenvalue weighted by Gasteiger charge is 2.65. The molecule has 3 aliphatic rings. The first-order valence-corrected chi connectivity index (χ1v) is 14.3. The number of benzene rings is 1. The zero-order valence-corrected chi connectivity index (χ0v) is 25.0. The lowest BCUT2D eigenvalue weighted by Crippen LogP contribution is -2.54. The molecule has 0 unspecified atom stereocenters. The van der Waals surface area contributed by atoms with Gasteiger partial charge in [0.25, 0.3) is 0 Å². The van der Waals surface area contributed by atoms with Crippen molar-refractivity contribution in [3.05, 3.63) is 89.9 Å². The van der Waals surface area contributed by atoms with Gasteiger partial charge in [0.1, 0.15) is 12.2 Å². The molecular formula is C35H44O5. The van der Waals surface area contributed by atoms with Crippen LogP contribution in [0.1, 0.15) is 66.9 Å². The molecule has 4 rings (SSSR count). The number of fused-ring (bicyclic) bond motifs is 2. The second-order valence-corrected chi connectivity index (χ2v) is 12.6. The topological polar surface area (TPSA) is 61.8 Å². The molecule has 40 heavy (non-hydrogen) atoms. The van der Waals surface area contributed by atoms with Crippen molar-refractivity contribution in [3.63, 3.8) is 0 Å². The molecule has 2 fully saturated rings. The molecule has 0 N–H and O–H groups in total. The largest absolute Gasteiger partial charge is 0.495 e. The van der Waals surface area contributed by atoms with Gasteiger partial charge < -0.3 is 14.2 Å². The van der Waals surface area contributed by atoms with Crippen LogP contribution in [0, 0.1) is 29.1 Å². The number of allylic oxidation sites excluding steroid dienone is 4. The van der Waals surface area contributed by atoms with E-state index in [0.717, 1.165) is 17.6 Å². The molecule has 0 aliphatic heterocycles. The second-order valence-electron chi connectivity index (χ2n) is 12.6. The molecule has 0 heterocycles. The average Bonchev–Trinajstić information content (AvgIpc) is 3.28. The van der Waals surface area contributed by atoms with Gasteiger partial charge in [-0.15, -0.1) is 0 Å². The molecular weight excluding hydrogens is 500 g/mol. The van der Waals surface area contributed by atoms with Crippen LogP contribution < -0.4 is 0 Å². The fourth-order valence-electron chi connectivity index (χ4n) is 6.87. The number of carbonyl (C=O) groups excluding carboxylic acids is 2. The smallest absolute Gasteiger partial charge is 0.331 e. The van der Waals surface area contributed by atoms with Gasteiger partial charge in [0.2, 0.25) is 5.78 Å². The number of hydrogen-bond acceptors (Lipinski definition) is 5. The maximum absolute atomic E-state index is 14.6. The molecule has 1 aromatic rings. The number of rotatable bonds is 7. The van der Waals surface area contributed by atoms with Crippen LogP contribution in [0.25, 0.3) is 6.08 Å². The summed E-state index contributed by atoms with van der Waals surface area (Å²) in [6, 6.07) is 9.54. The predicted octanol–water partition coefficient (Wildman–Crippen LogP) is 7.61. The predicted molar refractivity (Wildman–Crippen MR) is 159 cm³/mol. The lowest BCUT2D eigenvalue weighted by Gasteiger charge is -2.40. The average molecular weight is 545 g/mol. The quantitative estimate of drug-likeness (QED) is 0.153. The van der Waals surface area contributed by atoms with E-state index < -0.39 is 29.7 Å². The van der Waals surface area contributed by atoms with Gasteiger partial charge in [0.05, 0.1) is 17.4 Å². The molecule has 0 amide bonds. The van der Waals surface area contributed by atoms with Crippen LogP contribution in [0.15, 0.2) is 84.4 Å². The summed E-state index contributed by atoms with van der Waals surface area (Å²) in [5.41, 5.74) is 1.05. The van der Waals surface area contributed by atoms with Crippen molar-refractivity contribution >= 4 is 17.8 Å². The highest BCUT2D eigenvalue weighted by Crippen LogP contribution is 2.62. The second kappa shape index (κ2) is 11.3. The van der Waals surface area contributed by atoms with E-state index in [9.17, 15) is 9.59 Å². The molecule has 7 atom stereocenters. The van der Waals surface area contributed by atoms with Crippen molar-refractivity contribution in [2.45, 2.75) is 79.1 Å². The summed E-state index contributed by atoms with van der Waals surface area (Å²) in [7, 11) is 0. The van der Waals surface area contributed by atoms with Crippen molar-refractivity contribution in [2.24, 2.45) is 29.1 Å². The Morgan fingerprint density at radius 1 is 1.05 bits per heavy atom. The Bertz CT molecular complexity index is 1270. The Morgan fingerprint density at radius 2 is 1.70 bits per heavy atom. The van der Waals surface area contributed by atoms with E-state index in [0.29, 0.717) is 29.4 Å². The normalized spacial score (nSPS) is 35.6. The first-order chi connectivity index (χ1) is 18.8. The molecule has 0 aromatic heterocycles. The Kier molecular flexibility index (Phi) is 8.35. The zero-order chi connectivity index (χ0) is 29.4. The zero-order valence-electron chi connectivity index (χ0n) is 25.0. The molecule has 214 valence electrons. The van der Waals surface area contributed by atoms with Crippen molar-refractivity contribution < 1.29 is 23.8 Å². The van der Waals surface area contributed by atoms with Gasteiger partial charge in [0, 0.05) is 12.5 Å². The first kappa shape index (κ1) is 29.6. The minimum absolute atomic E-state index is 0.0818. The van der Waals surface area contributed by atoms with Crippen LogP contribution in [-0.2, 0) is 23.8 Å². The number of carbonyl (C=O) groups is 2. The van der Waals surface area contributed by atoms with Gasteiger partial charge >= 0.3 is 5.97 Å². The summed E-state index contributed by atoms with van der Waals surface area (Å²) in [4.78, 5) is 28.1. The van der Waals surface area contributed by atoms with E-state index >= 15 is 0 Å². The van der Waals surface area contributed by atoms with Crippen molar-refractivity contribution in [2.75, 3.05) is 0 Å². The summed E-state index contributed by atoms with van der Waals surface area (Å²) in [5, 5.41) is 0. The third kappa shape index (κ3) is 5.75. The lowest BCUT2D eigenvalue weighted by molar-refractivity contribution is -0.173. The third-order valence-corrected chi connectivity index (χ3v) is 9.02. The highest BCUT2D eigenvalue weighted by molar-refractivity contribution is 6.04. The molecule has 0 radical (unpaired) electrons. The van der Waals surface area contributed by atoms with Crippen molar-refractivity contribution in [1.29, 1.82) is 0 Å². The van der Waals surface area contributed by atoms with E-state index in [4.69, 9.17) is 14.2 Å². The molecule has 0 saturated heterocycles. The van der Waals surface area contributed by atoms with E-state index in [-0.39, 0.29) is 23.0 Å². The van der Waals surface area contributed by atoms with E-state index in [2.05, 4.69) is 39.2 Å². The number of Topliss-reactive ketones (excluding diaryl/α,β-unsaturated/α-hetero) is 1. The maximum atomic E-state index is 14.6. The van der Waals surface area contributed by atoms with Crippen LogP contribution in [0.5, 0.6) is 0 Å². The number of hydrogen-bond donors (Lipinski definition) is 0. The van der Waals surface area contributed by atoms with Crippen molar-refractivity contribution in [1.82, 2.24) is 0 Å². The maximum Gasteiger partial charge on any atom is 0.331 e. The SMILES string of the molecule is C=C(C)O[C@@H]1[C@@H]2[C@@H](OC(=C)C)/C(C)=C\C[C@H]3[C@H](/C=C(\C)C(=O)[C@@]2(OC(=O)/C=C/c2ccccc2)C[C@@H]1C)C3(C)C. The summed E-state index contributed by atoms with van der Waals surface area (Å²) < 4.78 is 19.1. The summed E-state index contributed by atoms with van der Waals surface area (Å²) in [5.74, 6) is 0.261. The lowest BCUT2D eigenvalue weighted by atomic mass is 9.77. The number of ketones is 1. The van der Waals surface area contributed by atoms with Crippen LogP contribution >= 0.6 is 0 Å². The summed E-state index contributed by atoms with van der Waals surface area (Å²) in [6.45, 7) is 22.0. The fraction of sp³-hybridized carbons (Fsp3) is 0.486. The third-order valence-electron chi connectivity index (χ3n) is 9.02. The number of esters is 1. The summed E-state index contributed by atoms with van der Waals surface area (Å²) >= 11 is 0. The standard InChI is InChI=1S/C35H44O5/c1-21(2)38-31-23(5)15-17-27-28(34(27,8)9)19-24(6)33(37)35(20-25(7)32(30(31)35)39-22(3)4)40-29(36)18-16-26-13-11-10-12-14-26/h10-16,18-19,25,27-28,30-32H,1,3,17,20H2,2,4-9H3/b18-16+,23-15-,24-19+/t25-,27-,28-,30-,31-,32-,35+/m0/s1. The van der Waals surface area contributed by atoms with Gasteiger partial charge in [-0.05, 0) is 80.1 Å². The fourth-order valence-corrected chi connectivity index (χ4v) is 6.87. The molecule has 5 nitrogen and oxygen atoms in total. The van der Waals surface area contributed by atoms with Gasteiger partial charge in [0.15, 0.2) is 5.60 Å². The first-order valence-electron chi connectivity index (χ1n) is 14.3. The van der Waals surface area contributed by atoms with Crippen LogP contribution in [0.3, 0.4) is 0 Å². The summed E-state index contributed by atoms with van der Waals surface area (Å²) in [6.07, 6.45) is 7.57. The van der Waals surface area contributed by atoms with E-state index in [1.165, 1.54) is 6.08 Å². The van der Waals surface area contributed by atoms with Crippen LogP contribution in [-0.4, -0.2) is 29.6 Å². The van der Waals surface area contributed by atoms with Crippen LogP contribution in [0.4, 0.5) is 0 Å². The molecule has 2 saturated carbocycles. The van der Waals surface area contributed by atoms with Crippen LogP contribution in [0.2, 0.25) is 0 Å². The number of ether oxygens (including phenoxy) is 3. The van der Waals surface area contributed by atoms with Crippen molar-refractivity contribution in [3.8, 4) is 0 Å². The Morgan fingerprint density at radius 3 is 2.33 bits per heavy atom. The van der Waals surface area contributed by atoms with E-state index in [1.807, 2.05) is 51.1 Å².